The first-order valence-corrected chi connectivity index (χ1v) is 5.22. The van der Waals surface area contributed by atoms with E-state index in [0.717, 1.165) is 12.1 Å². The molecule has 1 unspecified atom stereocenters. The number of hydrogen-bond donors (Lipinski definition) is 2. The van der Waals surface area contributed by atoms with Gasteiger partial charge in [-0.3, -0.25) is 0 Å². The summed E-state index contributed by atoms with van der Waals surface area (Å²) in [6, 6.07) is 3.43. The number of benzene rings is 1. The SMILES string of the molecule is O=CCCc1ccc(C(F)F)cc1C(O)C(=O)O. The smallest absolute Gasteiger partial charge is 0.337 e. The molecule has 0 saturated heterocycles. The van der Waals surface area contributed by atoms with Crippen molar-refractivity contribution in [1.82, 2.24) is 0 Å². The normalized spacial score (nSPS) is 12.4. The maximum atomic E-state index is 12.5. The Morgan fingerprint density at radius 2 is 2.06 bits per heavy atom. The van der Waals surface area contributed by atoms with Gasteiger partial charge in [0, 0.05) is 12.0 Å². The van der Waals surface area contributed by atoms with Gasteiger partial charge in [-0.05, 0) is 23.6 Å². The third-order valence-electron chi connectivity index (χ3n) is 2.48. The van der Waals surface area contributed by atoms with E-state index in [-0.39, 0.29) is 24.0 Å². The van der Waals surface area contributed by atoms with E-state index in [2.05, 4.69) is 0 Å². The molecule has 0 radical (unpaired) electrons. The standard InChI is InChI=1S/C12H12F2O4/c13-11(14)8-4-3-7(2-1-5-15)9(6-8)10(16)12(17)18/h3-6,10-11,16H,1-2H2,(H,17,18). The third kappa shape index (κ3) is 3.33. The summed E-state index contributed by atoms with van der Waals surface area (Å²) in [4.78, 5) is 21.0. The van der Waals surface area contributed by atoms with Gasteiger partial charge in [-0.15, -0.1) is 0 Å². The highest BCUT2D eigenvalue weighted by atomic mass is 19.3. The summed E-state index contributed by atoms with van der Waals surface area (Å²) in [5, 5.41) is 18.2. The summed E-state index contributed by atoms with van der Waals surface area (Å²) in [6.07, 6.45) is -3.65. The van der Waals surface area contributed by atoms with Crippen molar-refractivity contribution < 1.29 is 28.6 Å². The number of alkyl halides is 2. The molecule has 0 aliphatic rings. The number of aryl methyl sites for hydroxylation is 1. The lowest BCUT2D eigenvalue weighted by molar-refractivity contribution is -0.147. The Balaban J connectivity index is 3.16. The van der Waals surface area contributed by atoms with Crippen LogP contribution in [0.15, 0.2) is 18.2 Å². The molecule has 0 heterocycles. The first kappa shape index (κ1) is 14.2. The first-order valence-electron chi connectivity index (χ1n) is 5.22. The van der Waals surface area contributed by atoms with Gasteiger partial charge in [0.2, 0.25) is 0 Å². The number of aldehydes is 1. The van der Waals surface area contributed by atoms with Crippen LogP contribution in [0.5, 0.6) is 0 Å². The van der Waals surface area contributed by atoms with E-state index < -0.39 is 18.5 Å². The maximum Gasteiger partial charge on any atom is 0.337 e. The summed E-state index contributed by atoms with van der Waals surface area (Å²) < 4.78 is 25.0. The lowest BCUT2D eigenvalue weighted by Gasteiger charge is -2.13. The number of aliphatic hydroxyl groups is 1. The number of aliphatic hydroxyl groups excluding tert-OH is 1. The van der Waals surface area contributed by atoms with Gasteiger partial charge in [-0.1, -0.05) is 12.1 Å². The number of carbonyl (C=O) groups is 2. The van der Waals surface area contributed by atoms with Gasteiger partial charge < -0.3 is 15.0 Å². The van der Waals surface area contributed by atoms with Crippen LogP contribution in [0, 0.1) is 0 Å². The van der Waals surface area contributed by atoms with Crippen LogP contribution in [0.4, 0.5) is 8.78 Å². The first-order chi connectivity index (χ1) is 8.47. The minimum absolute atomic E-state index is 0.0952. The average Bonchev–Trinajstić information content (AvgIpc) is 2.34. The highest BCUT2D eigenvalue weighted by Gasteiger charge is 2.21. The lowest BCUT2D eigenvalue weighted by atomic mass is 9.96. The van der Waals surface area contributed by atoms with Crippen molar-refractivity contribution in [2.24, 2.45) is 0 Å². The molecule has 1 rings (SSSR count). The Hall–Kier alpha value is -1.82. The number of rotatable bonds is 6. The topological polar surface area (TPSA) is 74.6 Å². The molecule has 1 aromatic carbocycles. The molecule has 4 nitrogen and oxygen atoms in total. The van der Waals surface area contributed by atoms with Gasteiger partial charge >= 0.3 is 5.97 Å². The van der Waals surface area contributed by atoms with Crippen LogP contribution in [0.25, 0.3) is 0 Å². The van der Waals surface area contributed by atoms with Crippen molar-refractivity contribution >= 4 is 12.3 Å². The summed E-state index contributed by atoms with van der Waals surface area (Å²) in [5.74, 6) is -1.52. The summed E-state index contributed by atoms with van der Waals surface area (Å²) in [6.45, 7) is 0. The Kier molecular flexibility index (Phi) is 4.91. The van der Waals surface area contributed by atoms with Gasteiger partial charge in [0.1, 0.15) is 6.29 Å². The molecule has 0 aliphatic heterocycles. The minimum atomic E-state index is -2.75. The van der Waals surface area contributed by atoms with Crippen LogP contribution >= 0.6 is 0 Å². The molecule has 0 aromatic heterocycles. The molecule has 0 saturated carbocycles. The number of carboxylic acids is 1. The van der Waals surface area contributed by atoms with Crippen LogP contribution < -0.4 is 0 Å². The molecule has 98 valence electrons. The van der Waals surface area contributed by atoms with E-state index in [9.17, 15) is 23.5 Å². The quantitative estimate of drug-likeness (QED) is 0.764. The second kappa shape index (κ2) is 6.20. The molecule has 0 fully saturated rings. The molecular formula is C12H12F2O4. The van der Waals surface area contributed by atoms with Crippen molar-refractivity contribution in [2.75, 3.05) is 0 Å². The third-order valence-corrected chi connectivity index (χ3v) is 2.48. The van der Waals surface area contributed by atoms with Gasteiger partial charge in [0.25, 0.3) is 6.43 Å². The summed E-state index contributed by atoms with van der Waals surface area (Å²) in [7, 11) is 0. The monoisotopic (exact) mass is 258 g/mol. The highest BCUT2D eigenvalue weighted by molar-refractivity contribution is 5.74. The van der Waals surface area contributed by atoms with E-state index in [1.807, 2.05) is 0 Å². The molecule has 0 spiro atoms. The van der Waals surface area contributed by atoms with Crippen LogP contribution in [0.2, 0.25) is 0 Å². The largest absolute Gasteiger partial charge is 0.479 e. The average molecular weight is 258 g/mol. The molecule has 2 N–H and O–H groups in total. The molecular weight excluding hydrogens is 246 g/mol. The van der Waals surface area contributed by atoms with Crippen LogP contribution in [-0.4, -0.2) is 22.5 Å². The molecule has 0 bridgehead atoms. The zero-order chi connectivity index (χ0) is 13.7. The molecule has 0 aliphatic carbocycles. The fraction of sp³-hybridized carbons (Fsp3) is 0.333. The zero-order valence-corrected chi connectivity index (χ0v) is 9.35. The van der Waals surface area contributed by atoms with Crippen molar-refractivity contribution in [3.8, 4) is 0 Å². The molecule has 18 heavy (non-hydrogen) atoms. The summed E-state index contributed by atoms with van der Waals surface area (Å²) >= 11 is 0. The number of halogens is 2. The van der Waals surface area contributed by atoms with E-state index in [4.69, 9.17) is 5.11 Å². The Labute approximate surface area is 102 Å². The second-order valence-corrected chi connectivity index (χ2v) is 3.71. The predicted octanol–water partition coefficient (Wildman–Crippen LogP) is 1.87. The number of hydrogen-bond acceptors (Lipinski definition) is 3. The van der Waals surface area contributed by atoms with Gasteiger partial charge in [0.05, 0.1) is 0 Å². The Morgan fingerprint density at radius 1 is 1.39 bits per heavy atom. The van der Waals surface area contributed by atoms with Crippen molar-refractivity contribution in [3.05, 3.63) is 34.9 Å². The Morgan fingerprint density at radius 3 is 2.56 bits per heavy atom. The van der Waals surface area contributed by atoms with Gasteiger partial charge in [0.15, 0.2) is 6.10 Å². The number of carboxylic acid groups (broad SMARTS) is 1. The zero-order valence-electron chi connectivity index (χ0n) is 9.35. The highest BCUT2D eigenvalue weighted by Crippen LogP contribution is 2.26. The fourth-order valence-corrected chi connectivity index (χ4v) is 1.58. The minimum Gasteiger partial charge on any atom is -0.479 e. The van der Waals surface area contributed by atoms with Crippen LogP contribution in [0.1, 0.15) is 35.6 Å². The summed E-state index contributed by atoms with van der Waals surface area (Å²) in [5.41, 5.74) is -0.0799. The maximum absolute atomic E-state index is 12.5. The van der Waals surface area contributed by atoms with E-state index in [1.54, 1.807) is 0 Å². The molecule has 0 amide bonds. The van der Waals surface area contributed by atoms with E-state index in [0.29, 0.717) is 11.8 Å². The fourth-order valence-electron chi connectivity index (χ4n) is 1.58. The van der Waals surface area contributed by atoms with E-state index in [1.165, 1.54) is 6.07 Å². The number of aliphatic carboxylic acids is 1. The number of carbonyl (C=O) groups excluding carboxylic acids is 1. The molecule has 1 aromatic rings. The van der Waals surface area contributed by atoms with Crippen molar-refractivity contribution in [2.45, 2.75) is 25.4 Å². The van der Waals surface area contributed by atoms with E-state index >= 15 is 0 Å². The predicted molar refractivity (Wildman–Crippen MR) is 58.4 cm³/mol. The van der Waals surface area contributed by atoms with Crippen LogP contribution in [-0.2, 0) is 16.0 Å². The lowest BCUT2D eigenvalue weighted by Crippen LogP contribution is -2.13. The van der Waals surface area contributed by atoms with Gasteiger partial charge in [-0.2, -0.15) is 0 Å². The van der Waals surface area contributed by atoms with Gasteiger partial charge in [-0.25, -0.2) is 13.6 Å². The van der Waals surface area contributed by atoms with Crippen molar-refractivity contribution in [3.63, 3.8) is 0 Å². The molecule has 1 atom stereocenters. The molecule has 6 heteroatoms. The Bertz CT molecular complexity index is 446. The second-order valence-electron chi connectivity index (χ2n) is 3.71. The van der Waals surface area contributed by atoms with Crippen LogP contribution in [0.3, 0.4) is 0 Å². The van der Waals surface area contributed by atoms with Crippen molar-refractivity contribution in [1.29, 1.82) is 0 Å².